The van der Waals surface area contributed by atoms with Gasteiger partial charge in [0.15, 0.2) is 0 Å². The van der Waals surface area contributed by atoms with E-state index in [1.807, 2.05) is 11.3 Å². The number of fused-ring (bicyclic) bond motifs is 1. The first-order valence-electron chi connectivity index (χ1n) is 7.18. The van der Waals surface area contributed by atoms with Crippen LogP contribution in [0, 0.1) is 5.92 Å². The van der Waals surface area contributed by atoms with Crippen LogP contribution in [0.4, 0.5) is 0 Å². The lowest BCUT2D eigenvalue weighted by Crippen LogP contribution is -2.27. The van der Waals surface area contributed by atoms with Crippen molar-refractivity contribution in [1.29, 1.82) is 0 Å². The smallest absolute Gasteiger partial charge is 0.0380 e. The van der Waals surface area contributed by atoms with Crippen LogP contribution in [0.5, 0.6) is 0 Å². The van der Waals surface area contributed by atoms with Crippen LogP contribution in [0.2, 0.25) is 0 Å². The summed E-state index contributed by atoms with van der Waals surface area (Å²) in [6.07, 6.45) is 1.18. The second-order valence-electron chi connectivity index (χ2n) is 6.38. The van der Waals surface area contributed by atoms with E-state index >= 15 is 0 Å². The van der Waals surface area contributed by atoms with Gasteiger partial charge in [0.05, 0.1) is 0 Å². The highest BCUT2D eigenvalue weighted by Gasteiger charge is 2.22. The van der Waals surface area contributed by atoms with E-state index in [1.165, 1.54) is 22.1 Å². The van der Waals surface area contributed by atoms with Gasteiger partial charge < -0.3 is 5.32 Å². The van der Waals surface area contributed by atoms with Crippen LogP contribution in [-0.4, -0.2) is 13.1 Å². The SMILES string of the molecule is CC(C)CNCCC(C)(C)c1cccc2ccsc12. The van der Waals surface area contributed by atoms with E-state index in [1.54, 1.807) is 0 Å². The quantitative estimate of drug-likeness (QED) is 0.746. The lowest BCUT2D eigenvalue weighted by atomic mass is 9.81. The Bertz CT molecular complexity index is 525. The van der Waals surface area contributed by atoms with Crippen molar-refractivity contribution in [3.8, 4) is 0 Å². The number of nitrogens with one attached hydrogen (secondary N) is 1. The van der Waals surface area contributed by atoms with Gasteiger partial charge in [0.1, 0.15) is 0 Å². The molecular weight excluding hydrogens is 250 g/mol. The molecule has 0 amide bonds. The zero-order chi connectivity index (χ0) is 13.9. The van der Waals surface area contributed by atoms with Gasteiger partial charge in [-0.25, -0.2) is 0 Å². The Morgan fingerprint density at radius 3 is 2.74 bits per heavy atom. The number of rotatable bonds is 6. The van der Waals surface area contributed by atoms with Crippen LogP contribution in [0.25, 0.3) is 10.1 Å². The van der Waals surface area contributed by atoms with E-state index in [9.17, 15) is 0 Å². The summed E-state index contributed by atoms with van der Waals surface area (Å²) < 4.78 is 1.45. The molecule has 0 unspecified atom stereocenters. The fourth-order valence-corrected chi connectivity index (χ4v) is 3.55. The first-order chi connectivity index (χ1) is 9.00. The largest absolute Gasteiger partial charge is 0.316 e. The number of benzene rings is 1. The van der Waals surface area contributed by atoms with Crippen LogP contribution in [0.3, 0.4) is 0 Å². The highest BCUT2D eigenvalue weighted by atomic mass is 32.1. The Morgan fingerprint density at radius 2 is 2.00 bits per heavy atom. The van der Waals surface area contributed by atoms with Gasteiger partial charge in [-0.05, 0) is 53.2 Å². The molecule has 104 valence electrons. The lowest BCUT2D eigenvalue weighted by Gasteiger charge is -2.26. The third-order valence-corrected chi connectivity index (χ3v) is 4.65. The van der Waals surface area contributed by atoms with E-state index in [-0.39, 0.29) is 5.41 Å². The summed E-state index contributed by atoms with van der Waals surface area (Å²) in [6.45, 7) is 11.4. The Morgan fingerprint density at radius 1 is 1.21 bits per heavy atom. The molecule has 1 aromatic carbocycles. The average Bonchev–Trinajstić information content (AvgIpc) is 2.82. The average molecular weight is 275 g/mol. The van der Waals surface area contributed by atoms with Crippen LogP contribution in [-0.2, 0) is 5.41 Å². The van der Waals surface area contributed by atoms with E-state index in [0.29, 0.717) is 0 Å². The molecule has 0 aliphatic heterocycles. The maximum absolute atomic E-state index is 3.56. The fraction of sp³-hybridized carbons (Fsp3) is 0.529. The summed E-state index contributed by atoms with van der Waals surface area (Å²) in [5, 5.41) is 7.13. The number of thiophene rings is 1. The van der Waals surface area contributed by atoms with E-state index in [4.69, 9.17) is 0 Å². The second kappa shape index (κ2) is 6.06. The molecule has 1 nitrogen and oxygen atoms in total. The van der Waals surface area contributed by atoms with Crippen LogP contribution >= 0.6 is 11.3 Å². The molecule has 0 aliphatic carbocycles. The molecule has 19 heavy (non-hydrogen) atoms. The Labute approximate surface area is 121 Å². The minimum atomic E-state index is 0.230. The van der Waals surface area contributed by atoms with E-state index in [0.717, 1.165) is 19.0 Å². The van der Waals surface area contributed by atoms with Crippen molar-refractivity contribution in [3.63, 3.8) is 0 Å². The summed E-state index contributed by atoms with van der Waals surface area (Å²) in [6, 6.07) is 8.91. The van der Waals surface area contributed by atoms with E-state index in [2.05, 4.69) is 62.7 Å². The molecule has 2 aromatic rings. The van der Waals surface area contributed by atoms with Gasteiger partial charge in [-0.1, -0.05) is 45.9 Å². The maximum Gasteiger partial charge on any atom is 0.0380 e. The van der Waals surface area contributed by atoms with Crippen molar-refractivity contribution in [2.45, 2.75) is 39.5 Å². The van der Waals surface area contributed by atoms with Gasteiger partial charge in [-0.15, -0.1) is 11.3 Å². The summed E-state index contributed by atoms with van der Waals surface area (Å²) >= 11 is 1.86. The molecule has 1 N–H and O–H groups in total. The van der Waals surface area contributed by atoms with Gasteiger partial charge >= 0.3 is 0 Å². The Balaban J connectivity index is 2.08. The number of hydrogen-bond donors (Lipinski definition) is 1. The zero-order valence-corrected chi connectivity index (χ0v) is 13.3. The van der Waals surface area contributed by atoms with Crippen LogP contribution in [0.1, 0.15) is 39.7 Å². The Hall–Kier alpha value is -0.860. The fourth-order valence-electron chi connectivity index (χ4n) is 2.45. The second-order valence-corrected chi connectivity index (χ2v) is 7.29. The van der Waals surface area contributed by atoms with Crippen molar-refractivity contribution in [1.82, 2.24) is 5.32 Å². The van der Waals surface area contributed by atoms with Crippen molar-refractivity contribution < 1.29 is 0 Å². The normalized spacial score (nSPS) is 12.5. The molecule has 2 heteroatoms. The third kappa shape index (κ3) is 3.58. The van der Waals surface area contributed by atoms with Crippen LogP contribution in [0.15, 0.2) is 29.6 Å². The molecule has 2 rings (SSSR count). The topological polar surface area (TPSA) is 12.0 Å². The van der Waals surface area contributed by atoms with Gasteiger partial charge in [0.2, 0.25) is 0 Å². The Kier molecular flexibility index (Phi) is 4.64. The zero-order valence-electron chi connectivity index (χ0n) is 12.5. The molecule has 0 spiro atoms. The summed E-state index contributed by atoms with van der Waals surface area (Å²) in [5.41, 5.74) is 1.72. The predicted octanol–water partition coefficient (Wildman–Crippen LogP) is 4.81. The standard InChI is InChI=1S/C17H25NS/c1-13(2)12-18-10-9-17(3,4)15-7-5-6-14-8-11-19-16(14)15/h5-8,11,13,18H,9-10,12H2,1-4H3. The van der Waals surface area contributed by atoms with Crippen molar-refractivity contribution >= 4 is 21.4 Å². The molecule has 1 aromatic heterocycles. The highest BCUT2D eigenvalue weighted by molar-refractivity contribution is 7.17. The lowest BCUT2D eigenvalue weighted by molar-refractivity contribution is 0.445. The number of hydrogen-bond acceptors (Lipinski definition) is 2. The summed E-state index contributed by atoms with van der Waals surface area (Å²) in [4.78, 5) is 0. The monoisotopic (exact) mass is 275 g/mol. The molecule has 0 saturated heterocycles. The molecule has 0 radical (unpaired) electrons. The minimum Gasteiger partial charge on any atom is -0.316 e. The minimum absolute atomic E-state index is 0.230. The highest BCUT2D eigenvalue weighted by Crippen LogP contribution is 2.35. The maximum atomic E-state index is 3.56. The van der Waals surface area contributed by atoms with Gasteiger partial charge in [-0.2, -0.15) is 0 Å². The first kappa shape index (κ1) is 14.5. The molecule has 0 fully saturated rings. The molecule has 0 atom stereocenters. The molecule has 0 bridgehead atoms. The summed E-state index contributed by atoms with van der Waals surface area (Å²) in [7, 11) is 0. The molecule has 1 heterocycles. The molecule has 0 aliphatic rings. The van der Waals surface area contributed by atoms with Gasteiger partial charge in [0.25, 0.3) is 0 Å². The van der Waals surface area contributed by atoms with Crippen LogP contribution < -0.4 is 5.32 Å². The van der Waals surface area contributed by atoms with Crippen molar-refractivity contribution in [2.24, 2.45) is 5.92 Å². The first-order valence-corrected chi connectivity index (χ1v) is 8.06. The third-order valence-electron chi connectivity index (χ3n) is 3.69. The van der Waals surface area contributed by atoms with Gasteiger partial charge in [0, 0.05) is 4.70 Å². The molecule has 0 saturated carbocycles. The summed E-state index contributed by atoms with van der Waals surface area (Å²) in [5.74, 6) is 0.726. The van der Waals surface area contributed by atoms with Crippen molar-refractivity contribution in [3.05, 3.63) is 35.2 Å². The molecular formula is C17H25NS. The van der Waals surface area contributed by atoms with Gasteiger partial charge in [-0.3, -0.25) is 0 Å². The van der Waals surface area contributed by atoms with E-state index < -0.39 is 0 Å². The van der Waals surface area contributed by atoms with Crippen molar-refractivity contribution in [2.75, 3.05) is 13.1 Å². The predicted molar refractivity (Wildman–Crippen MR) is 87.2 cm³/mol.